The minimum Gasteiger partial charge on any atom is -0.374 e. The van der Waals surface area contributed by atoms with Crippen molar-refractivity contribution in [2.75, 3.05) is 11.9 Å². The number of hydrogen-bond donors (Lipinski definition) is 2. The van der Waals surface area contributed by atoms with E-state index in [0.29, 0.717) is 18.9 Å². The molecule has 1 aromatic carbocycles. The van der Waals surface area contributed by atoms with E-state index < -0.39 is 17.5 Å². The fraction of sp³-hybridized carbons (Fsp3) is 0.381. The molecular weight excluding hydrogens is 380 g/mol. The summed E-state index contributed by atoms with van der Waals surface area (Å²) in [4.78, 5) is 29.0. The number of ether oxygens (including phenoxy) is 1. The van der Waals surface area contributed by atoms with Crippen LogP contribution in [0, 0.1) is 17.6 Å². The van der Waals surface area contributed by atoms with E-state index in [0.717, 1.165) is 24.6 Å². The summed E-state index contributed by atoms with van der Waals surface area (Å²) < 4.78 is 34.0. The first kappa shape index (κ1) is 19.4. The van der Waals surface area contributed by atoms with Gasteiger partial charge in [0, 0.05) is 30.9 Å². The van der Waals surface area contributed by atoms with Crippen molar-refractivity contribution in [3.63, 3.8) is 0 Å². The summed E-state index contributed by atoms with van der Waals surface area (Å²) in [7, 11) is 0. The van der Waals surface area contributed by atoms with Gasteiger partial charge in [0.15, 0.2) is 0 Å². The van der Waals surface area contributed by atoms with E-state index >= 15 is 0 Å². The lowest BCUT2D eigenvalue weighted by atomic mass is 9.88. The Balaban J connectivity index is 1.41. The second-order valence-corrected chi connectivity index (χ2v) is 7.34. The van der Waals surface area contributed by atoms with Crippen LogP contribution in [0.4, 0.5) is 14.5 Å². The Bertz CT molecular complexity index is 923. The normalized spacial score (nSPS) is 22.5. The zero-order chi connectivity index (χ0) is 20.4. The number of fused-ring (bicyclic) bond motifs is 2. The van der Waals surface area contributed by atoms with Crippen molar-refractivity contribution in [2.24, 2.45) is 5.92 Å². The lowest BCUT2D eigenvalue weighted by Gasteiger charge is -2.18. The molecule has 2 aliphatic heterocycles. The van der Waals surface area contributed by atoms with Gasteiger partial charge < -0.3 is 15.4 Å². The fourth-order valence-electron chi connectivity index (χ4n) is 3.90. The SMILES string of the molecule is O=C(NCCc1ccccn1)c1cc(NC(=O)[C@@H]2C[C@@H]3CC[C@H]2O3)c(F)cc1F. The Morgan fingerprint density at radius 1 is 1.17 bits per heavy atom. The second kappa shape index (κ2) is 8.24. The van der Waals surface area contributed by atoms with Gasteiger partial charge in [-0.1, -0.05) is 6.07 Å². The van der Waals surface area contributed by atoms with Crippen molar-refractivity contribution in [1.29, 1.82) is 0 Å². The smallest absolute Gasteiger partial charge is 0.254 e. The standard InChI is InChI=1S/C21H21F2N3O3/c22-16-11-17(23)18(26-21(28)15-9-13-4-5-19(15)29-13)10-14(16)20(27)25-8-6-12-3-1-2-7-24-12/h1-3,7,10-11,13,15,19H,4-6,8-9H2,(H,25,27)(H,26,28)/t13-,15+,19+/m0/s1. The molecule has 1 aromatic heterocycles. The molecule has 6 nitrogen and oxygen atoms in total. The molecule has 2 aliphatic rings. The van der Waals surface area contributed by atoms with Crippen molar-refractivity contribution >= 4 is 17.5 Å². The summed E-state index contributed by atoms with van der Waals surface area (Å²) in [5, 5.41) is 5.08. The van der Waals surface area contributed by atoms with Crippen LogP contribution in [-0.4, -0.2) is 35.6 Å². The average molecular weight is 401 g/mol. The molecular formula is C21H21F2N3O3. The largest absolute Gasteiger partial charge is 0.374 e. The topological polar surface area (TPSA) is 80.3 Å². The third-order valence-corrected chi connectivity index (χ3v) is 5.39. The molecule has 2 aromatic rings. The highest BCUT2D eigenvalue weighted by atomic mass is 19.1. The number of halogens is 2. The summed E-state index contributed by atoms with van der Waals surface area (Å²) in [5.41, 5.74) is 0.245. The van der Waals surface area contributed by atoms with Crippen LogP contribution >= 0.6 is 0 Å². The van der Waals surface area contributed by atoms with Gasteiger partial charge >= 0.3 is 0 Å². The predicted octanol–water partition coefficient (Wildman–Crippen LogP) is 2.84. The molecule has 8 heteroatoms. The van der Waals surface area contributed by atoms with Crippen molar-refractivity contribution in [1.82, 2.24) is 10.3 Å². The number of pyridine rings is 1. The highest BCUT2D eigenvalue weighted by Gasteiger charge is 2.44. The van der Waals surface area contributed by atoms with Crippen LogP contribution < -0.4 is 10.6 Å². The van der Waals surface area contributed by atoms with Crippen LogP contribution in [0.2, 0.25) is 0 Å². The third kappa shape index (κ3) is 4.27. The van der Waals surface area contributed by atoms with E-state index in [2.05, 4.69) is 15.6 Å². The quantitative estimate of drug-likeness (QED) is 0.780. The molecule has 2 saturated heterocycles. The van der Waals surface area contributed by atoms with Crippen molar-refractivity contribution in [3.8, 4) is 0 Å². The highest BCUT2D eigenvalue weighted by Crippen LogP contribution is 2.39. The Morgan fingerprint density at radius 2 is 2.03 bits per heavy atom. The first-order valence-electron chi connectivity index (χ1n) is 9.64. The first-order chi connectivity index (χ1) is 14.0. The van der Waals surface area contributed by atoms with Gasteiger partial charge in [0.2, 0.25) is 5.91 Å². The van der Waals surface area contributed by atoms with Crippen LogP contribution in [0.25, 0.3) is 0 Å². The number of carbonyl (C=O) groups is 2. The Morgan fingerprint density at radius 3 is 2.72 bits per heavy atom. The van der Waals surface area contributed by atoms with Crippen LogP contribution in [0.1, 0.15) is 35.3 Å². The third-order valence-electron chi connectivity index (χ3n) is 5.39. The van der Waals surface area contributed by atoms with Crippen LogP contribution in [0.15, 0.2) is 36.5 Å². The number of aromatic nitrogens is 1. The summed E-state index contributed by atoms with van der Waals surface area (Å²) >= 11 is 0. The molecule has 2 bridgehead atoms. The maximum absolute atomic E-state index is 14.2. The summed E-state index contributed by atoms with van der Waals surface area (Å²) in [6.45, 7) is 0.247. The summed E-state index contributed by atoms with van der Waals surface area (Å²) in [6.07, 6.45) is 4.38. The fourth-order valence-corrected chi connectivity index (χ4v) is 3.90. The number of nitrogens with one attached hydrogen (secondary N) is 2. The molecule has 2 amide bonds. The molecule has 0 unspecified atom stereocenters. The zero-order valence-corrected chi connectivity index (χ0v) is 15.7. The number of rotatable bonds is 6. The van der Waals surface area contributed by atoms with Gasteiger partial charge in [-0.05, 0) is 37.5 Å². The maximum atomic E-state index is 14.2. The highest BCUT2D eigenvalue weighted by molar-refractivity contribution is 5.98. The lowest BCUT2D eigenvalue weighted by Crippen LogP contribution is -2.31. The van der Waals surface area contributed by atoms with E-state index in [1.165, 1.54) is 0 Å². The lowest BCUT2D eigenvalue weighted by molar-refractivity contribution is -0.121. The van der Waals surface area contributed by atoms with Crippen LogP contribution in [0.3, 0.4) is 0 Å². The molecule has 2 fully saturated rings. The van der Waals surface area contributed by atoms with E-state index in [1.54, 1.807) is 12.3 Å². The number of amides is 2. The van der Waals surface area contributed by atoms with Crippen LogP contribution in [0.5, 0.6) is 0 Å². The summed E-state index contributed by atoms with van der Waals surface area (Å²) in [5.74, 6) is -3.32. The van der Waals surface area contributed by atoms with Gasteiger partial charge in [0.25, 0.3) is 5.91 Å². The predicted molar refractivity (Wildman–Crippen MR) is 101 cm³/mol. The second-order valence-electron chi connectivity index (χ2n) is 7.34. The van der Waals surface area contributed by atoms with Gasteiger partial charge in [-0.2, -0.15) is 0 Å². The molecule has 0 spiro atoms. The van der Waals surface area contributed by atoms with E-state index in [-0.39, 0.29) is 41.8 Å². The van der Waals surface area contributed by atoms with Crippen molar-refractivity contribution < 1.29 is 23.1 Å². The average Bonchev–Trinajstić information content (AvgIpc) is 3.34. The molecule has 3 heterocycles. The minimum atomic E-state index is -0.987. The number of carbonyl (C=O) groups excluding carboxylic acids is 2. The molecule has 0 radical (unpaired) electrons. The molecule has 152 valence electrons. The Hall–Kier alpha value is -2.87. The number of hydrogen-bond acceptors (Lipinski definition) is 4. The number of nitrogens with zero attached hydrogens (tertiary/aromatic N) is 1. The summed E-state index contributed by atoms with van der Waals surface area (Å²) in [6, 6.07) is 7.08. The van der Waals surface area contributed by atoms with Gasteiger partial charge in [-0.15, -0.1) is 0 Å². The molecule has 0 aliphatic carbocycles. The Labute approximate surface area is 166 Å². The molecule has 0 saturated carbocycles. The zero-order valence-electron chi connectivity index (χ0n) is 15.7. The first-order valence-corrected chi connectivity index (χ1v) is 9.64. The van der Waals surface area contributed by atoms with Crippen molar-refractivity contribution in [2.45, 2.75) is 37.9 Å². The minimum absolute atomic E-state index is 0.0780. The molecule has 2 N–H and O–H groups in total. The monoisotopic (exact) mass is 401 g/mol. The van der Waals surface area contributed by atoms with E-state index in [4.69, 9.17) is 4.74 Å². The number of benzene rings is 1. The maximum Gasteiger partial charge on any atom is 0.254 e. The van der Waals surface area contributed by atoms with E-state index in [1.807, 2.05) is 12.1 Å². The number of anilines is 1. The van der Waals surface area contributed by atoms with Gasteiger partial charge in [-0.3, -0.25) is 14.6 Å². The van der Waals surface area contributed by atoms with E-state index in [9.17, 15) is 18.4 Å². The van der Waals surface area contributed by atoms with Gasteiger partial charge in [0.1, 0.15) is 11.6 Å². The van der Waals surface area contributed by atoms with Gasteiger partial charge in [0.05, 0.1) is 29.4 Å². The van der Waals surface area contributed by atoms with Gasteiger partial charge in [-0.25, -0.2) is 8.78 Å². The van der Waals surface area contributed by atoms with Crippen molar-refractivity contribution in [3.05, 3.63) is 59.4 Å². The molecule has 29 heavy (non-hydrogen) atoms. The van der Waals surface area contributed by atoms with Crippen LogP contribution in [-0.2, 0) is 16.0 Å². The molecule has 4 rings (SSSR count). The molecule has 3 atom stereocenters. The Kier molecular flexibility index (Phi) is 5.53.